The largest absolute Gasteiger partial charge is 0.462 e. The molecule has 1 N–H and O–H groups in total. The van der Waals surface area contributed by atoms with Crippen molar-refractivity contribution in [1.29, 1.82) is 0 Å². The molecule has 0 aromatic heterocycles. The summed E-state index contributed by atoms with van der Waals surface area (Å²) in [7, 11) is 0. The Morgan fingerprint density at radius 1 is 0.958 bits per heavy atom. The van der Waals surface area contributed by atoms with Crippen LogP contribution in [0.25, 0.3) is 0 Å². The van der Waals surface area contributed by atoms with Crippen molar-refractivity contribution in [3.63, 3.8) is 0 Å². The van der Waals surface area contributed by atoms with Crippen LogP contribution in [0, 0.1) is 13.8 Å². The highest BCUT2D eigenvalue weighted by molar-refractivity contribution is 6.04. The molecular formula is C20H23NO3. The Labute approximate surface area is 142 Å². The molecule has 0 atom stereocenters. The fourth-order valence-corrected chi connectivity index (χ4v) is 2.39. The van der Waals surface area contributed by atoms with Gasteiger partial charge in [0.05, 0.1) is 12.2 Å². The van der Waals surface area contributed by atoms with Crippen LogP contribution in [0.2, 0.25) is 0 Å². The molecule has 4 heteroatoms. The van der Waals surface area contributed by atoms with Crippen molar-refractivity contribution in [3.8, 4) is 0 Å². The lowest BCUT2D eigenvalue weighted by Gasteiger charge is -2.08. The van der Waals surface area contributed by atoms with Crippen molar-refractivity contribution in [2.24, 2.45) is 0 Å². The van der Waals surface area contributed by atoms with E-state index in [9.17, 15) is 9.59 Å². The fraction of sp³-hybridized carbons (Fsp3) is 0.300. The Morgan fingerprint density at radius 3 is 2.17 bits per heavy atom. The molecule has 0 radical (unpaired) electrons. The van der Waals surface area contributed by atoms with Gasteiger partial charge in [0.25, 0.3) is 5.91 Å². The second-order valence-electron chi connectivity index (χ2n) is 5.90. The summed E-state index contributed by atoms with van der Waals surface area (Å²) in [5, 5.41) is 2.84. The van der Waals surface area contributed by atoms with Gasteiger partial charge >= 0.3 is 5.97 Å². The minimum atomic E-state index is -0.337. The van der Waals surface area contributed by atoms with Crippen LogP contribution in [0.3, 0.4) is 0 Å². The van der Waals surface area contributed by atoms with Gasteiger partial charge in [0, 0.05) is 11.3 Å². The first-order valence-corrected chi connectivity index (χ1v) is 8.16. The Kier molecular flexibility index (Phi) is 6.13. The van der Waals surface area contributed by atoms with Gasteiger partial charge in [-0.3, -0.25) is 4.79 Å². The maximum Gasteiger partial charge on any atom is 0.338 e. The van der Waals surface area contributed by atoms with E-state index < -0.39 is 0 Å². The number of hydrogen-bond donors (Lipinski definition) is 1. The van der Waals surface area contributed by atoms with Crippen molar-refractivity contribution >= 4 is 17.6 Å². The summed E-state index contributed by atoms with van der Waals surface area (Å²) in [6, 6.07) is 12.4. The molecule has 2 aromatic rings. The van der Waals surface area contributed by atoms with Crippen LogP contribution in [0.1, 0.15) is 51.6 Å². The molecule has 0 saturated heterocycles. The normalized spacial score (nSPS) is 10.3. The van der Waals surface area contributed by atoms with Crippen molar-refractivity contribution in [2.45, 2.75) is 33.6 Å². The van der Waals surface area contributed by atoms with Gasteiger partial charge in [-0.25, -0.2) is 4.79 Å². The zero-order valence-corrected chi connectivity index (χ0v) is 14.4. The molecule has 1 amide bonds. The summed E-state index contributed by atoms with van der Waals surface area (Å²) in [5.74, 6) is -0.504. The number of carbonyl (C=O) groups excluding carboxylic acids is 2. The number of amides is 1. The molecule has 0 aliphatic heterocycles. The predicted octanol–water partition coefficient (Wildman–Crippen LogP) is 4.51. The number of rotatable bonds is 6. The molecule has 0 spiro atoms. The van der Waals surface area contributed by atoms with Crippen molar-refractivity contribution in [1.82, 2.24) is 0 Å². The third-order valence-electron chi connectivity index (χ3n) is 3.59. The average Bonchev–Trinajstić information content (AvgIpc) is 2.54. The molecule has 0 saturated carbocycles. The lowest BCUT2D eigenvalue weighted by molar-refractivity contribution is 0.0499. The SMILES string of the molecule is CCCCOC(=O)c1ccc(NC(=O)c2cc(C)cc(C)c2)cc1. The summed E-state index contributed by atoms with van der Waals surface area (Å²) < 4.78 is 5.16. The highest BCUT2D eigenvalue weighted by Crippen LogP contribution is 2.14. The second-order valence-corrected chi connectivity index (χ2v) is 5.90. The molecule has 0 fully saturated rings. The van der Waals surface area contributed by atoms with E-state index >= 15 is 0 Å². The van der Waals surface area contributed by atoms with Gasteiger partial charge in [0.15, 0.2) is 0 Å². The number of unbranched alkanes of at least 4 members (excludes halogenated alkanes) is 1. The summed E-state index contributed by atoms with van der Waals surface area (Å²) in [6.45, 7) is 6.40. The Bertz CT molecular complexity index is 700. The molecule has 0 heterocycles. The number of aryl methyl sites for hydroxylation is 2. The van der Waals surface area contributed by atoms with Crippen LogP contribution in [0.4, 0.5) is 5.69 Å². The van der Waals surface area contributed by atoms with Crippen molar-refractivity contribution in [3.05, 3.63) is 64.7 Å². The van der Waals surface area contributed by atoms with Gasteiger partial charge in [-0.05, 0) is 56.7 Å². The van der Waals surface area contributed by atoms with Crippen LogP contribution in [-0.4, -0.2) is 18.5 Å². The molecule has 0 aliphatic carbocycles. The number of nitrogens with one attached hydrogen (secondary N) is 1. The Balaban J connectivity index is 2.00. The zero-order chi connectivity index (χ0) is 17.5. The van der Waals surface area contributed by atoms with Gasteiger partial charge in [-0.2, -0.15) is 0 Å². The minimum absolute atomic E-state index is 0.167. The lowest BCUT2D eigenvalue weighted by Crippen LogP contribution is -2.12. The number of ether oxygens (including phenoxy) is 1. The molecule has 126 valence electrons. The first-order valence-electron chi connectivity index (χ1n) is 8.16. The summed E-state index contributed by atoms with van der Waals surface area (Å²) in [4.78, 5) is 24.1. The molecule has 0 unspecified atom stereocenters. The second kappa shape index (κ2) is 8.29. The maximum atomic E-state index is 12.3. The fourth-order valence-electron chi connectivity index (χ4n) is 2.39. The summed E-state index contributed by atoms with van der Waals surface area (Å²) >= 11 is 0. The van der Waals surface area contributed by atoms with E-state index in [1.165, 1.54) is 0 Å². The lowest BCUT2D eigenvalue weighted by atomic mass is 10.1. The van der Waals surface area contributed by atoms with E-state index in [2.05, 4.69) is 5.32 Å². The van der Waals surface area contributed by atoms with Gasteiger partial charge in [0.1, 0.15) is 0 Å². The number of benzene rings is 2. The smallest absolute Gasteiger partial charge is 0.338 e. The monoisotopic (exact) mass is 325 g/mol. The molecule has 0 bridgehead atoms. The van der Waals surface area contributed by atoms with Crippen LogP contribution in [-0.2, 0) is 4.74 Å². The molecule has 24 heavy (non-hydrogen) atoms. The Morgan fingerprint density at radius 2 is 1.58 bits per heavy atom. The highest BCUT2D eigenvalue weighted by atomic mass is 16.5. The van der Waals surface area contributed by atoms with E-state index in [-0.39, 0.29) is 11.9 Å². The first kappa shape index (κ1) is 17.7. The molecule has 4 nitrogen and oxygen atoms in total. The van der Waals surface area contributed by atoms with Gasteiger partial charge in [0.2, 0.25) is 0 Å². The van der Waals surface area contributed by atoms with Crippen LogP contribution in [0.5, 0.6) is 0 Å². The number of esters is 1. The van der Waals surface area contributed by atoms with E-state index in [0.717, 1.165) is 24.0 Å². The van der Waals surface area contributed by atoms with E-state index in [1.54, 1.807) is 24.3 Å². The van der Waals surface area contributed by atoms with Gasteiger partial charge < -0.3 is 10.1 Å². The summed E-state index contributed by atoms with van der Waals surface area (Å²) in [5.41, 5.74) is 3.84. The summed E-state index contributed by atoms with van der Waals surface area (Å²) in [6.07, 6.45) is 1.84. The minimum Gasteiger partial charge on any atom is -0.462 e. The van der Waals surface area contributed by atoms with Gasteiger partial charge in [-0.15, -0.1) is 0 Å². The molecule has 2 aromatic carbocycles. The average molecular weight is 325 g/mol. The van der Waals surface area contributed by atoms with E-state index in [4.69, 9.17) is 4.74 Å². The van der Waals surface area contributed by atoms with Gasteiger partial charge in [-0.1, -0.05) is 30.5 Å². The maximum absolute atomic E-state index is 12.3. The topological polar surface area (TPSA) is 55.4 Å². The number of anilines is 1. The first-order chi connectivity index (χ1) is 11.5. The predicted molar refractivity (Wildman–Crippen MR) is 95.5 cm³/mol. The molecular weight excluding hydrogens is 302 g/mol. The van der Waals surface area contributed by atoms with Crippen LogP contribution in [0.15, 0.2) is 42.5 Å². The number of carbonyl (C=O) groups is 2. The van der Waals surface area contributed by atoms with E-state index in [0.29, 0.717) is 23.4 Å². The van der Waals surface area contributed by atoms with Crippen molar-refractivity contribution in [2.75, 3.05) is 11.9 Å². The number of hydrogen-bond acceptors (Lipinski definition) is 3. The Hall–Kier alpha value is -2.62. The highest BCUT2D eigenvalue weighted by Gasteiger charge is 2.09. The quantitative estimate of drug-likeness (QED) is 0.628. The molecule has 2 rings (SSSR count). The van der Waals surface area contributed by atoms with Crippen molar-refractivity contribution < 1.29 is 14.3 Å². The third-order valence-corrected chi connectivity index (χ3v) is 3.59. The van der Waals surface area contributed by atoms with E-state index in [1.807, 2.05) is 39.0 Å². The molecule has 0 aliphatic rings. The standard InChI is InChI=1S/C20H23NO3/c1-4-5-10-24-20(23)16-6-8-18(9-7-16)21-19(22)17-12-14(2)11-15(3)13-17/h6-9,11-13H,4-5,10H2,1-3H3,(H,21,22). The van der Waals surface area contributed by atoms with Crippen LogP contribution >= 0.6 is 0 Å². The third kappa shape index (κ3) is 4.95. The zero-order valence-electron chi connectivity index (χ0n) is 14.4. The van der Waals surface area contributed by atoms with Crippen LogP contribution < -0.4 is 5.32 Å².